The van der Waals surface area contributed by atoms with Crippen LogP contribution in [0.25, 0.3) is 0 Å². The minimum absolute atomic E-state index is 0.0228. The summed E-state index contributed by atoms with van der Waals surface area (Å²) in [6, 6.07) is 7.49. The molecule has 0 spiro atoms. The van der Waals surface area contributed by atoms with Gasteiger partial charge in [-0.25, -0.2) is 0 Å². The summed E-state index contributed by atoms with van der Waals surface area (Å²) >= 11 is 1.51. The number of anilines is 1. The van der Waals surface area contributed by atoms with Crippen molar-refractivity contribution in [3.05, 3.63) is 30.6 Å². The molecule has 2 aromatic rings. The van der Waals surface area contributed by atoms with Gasteiger partial charge in [0.15, 0.2) is 5.16 Å². The van der Waals surface area contributed by atoms with Gasteiger partial charge in [-0.05, 0) is 18.6 Å². The third kappa shape index (κ3) is 5.94. The van der Waals surface area contributed by atoms with Crippen LogP contribution in [-0.4, -0.2) is 33.0 Å². The van der Waals surface area contributed by atoms with Gasteiger partial charge >= 0.3 is 0 Å². The predicted molar refractivity (Wildman–Crippen MR) is 91.8 cm³/mol. The minimum atomic E-state index is -0.0228. The standard InChI is InChI=1S/C16H22N4O2S/c1-3-4-9-22-14-7-5-6-13(11-14)18-15(21)8-10-23-16-19-17-12-20(16)2/h5-7,11-12H,3-4,8-10H2,1-2H3,(H,18,21). The van der Waals surface area contributed by atoms with Gasteiger partial charge in [-0.2, -0.15) is 0 Å². The van der Waals surface area contributed by atoms with Crippen molar-refractivity contribution in [1.82, 2.24) is 14.8 Å². The SMILES string of the molecule is CCCCOc1cccc(NC(=O)CCSc2nncn2C)c1. The Hall–Kier alpha value is -2.02. The van der Waals surface area contributed by atoms with Gasteiger partial charge < -0.3 is 14.6 Å². The third-order valence-corrected chi connectivity index (χ3v) is 4.15. The molecule has 1 heterocycles. The number of amides is 1. The highest BCUT2D eigenvalue weighted by molar-refractivity contribution is 7.99. The van der Waals surface area contributed by atoms with Crippen LogP contribution in [0.5, 0.6) is 5.75 Å². The van der Waals surface area contributed by atoms with E-state index in [0.29, 0.717) is 18.8 Å². The minimum Gasteiger partial charge on any atom is -0.494 e. The van der Waals surface area contributed by atoms with Crippen LogP contribution < -0.4 is 10.1 Å². The first-order chi connectivity index (χ1) is 11.2. The van der Waals surface area contributed by atoms with Crippen LogP contribution in [-0.2, 0) is 11.8 Å². The quantitative estimate of drug-likeness (QED) is 0.564. The van der Waals surface area contributed by atoms with Crippen LogP contribution in [0.3, 0.4) is 0 Å². The Bertz CT molecular complexity index is 630. The Balaban J connectivity index is 1.76. The summed E-state index contributed by atoms with van der Waals surface area (Å²) in [6.45, 7) is 2.82. The van der Waals surface area contributed by atoms with Crippen LogP contribution in [0.2, 0.25) is 0 Å². The molecule has 0 saturated heterocycles. The van der Waals surface area contributed by atoms with Crippen LogP contribution in [0.4, 0.5) is 5.69 Å². The zero-order valence-corrected chi connectivity index (χ0v) is 14.3. The van der Waals surface area contributed by atoms with Crippen LogP contribution in [0.1, 0.15) is 26.2 Å². The molecule has 1 aromatic heterocycles. The number of nitrogens with zero attached hydrogens (tertiary/aromatic N) is 3. The van der Waals surface area contributed by atoms with Gasteiger partial charge in [0.2, 0.25) is 5.91 Å². The number of carbonyl (C=O) groups is 1. The number of ether oxygens (including phenoxy) is 1. The smallest absolute Gasteiger partial charge is 0.225 e. The molecule has 6 nitrogen and oxygen atoms in total. The summed E-state index contributed by atoms with van der Waals surface area (Å²) in [5.74, 6) is 1.42. The number of carbonyl (C=O) groups excluding carboxylic acids is 1. The number of thioether (sulfide) groups is 1. The molecule has 2 rings (SSSR count). The van der Waals surface area contributed by atoms with Crippen molar-refractivity contribution in [2.45, 2.75) is 31.3 Å². The number of aromatic nitrogens is 3. The topological polar surface area (TPSA) is 69.0 Å². The summed E-state index contributed by atoms with van der Waals surface area (Å²) in [7, 11) is 1.88. The lowest BCUT2D eigenvalue weighted by Gasteiger charge is -2.09. The first kappa shape index (κ1) is 17.3. The average Bonchev–Trinajstić information content (AvgIpc) is 2.93. The molecule has 0 saturated carbocycles. The summed E-state index contributed by atoms with van der Waals surface area (Å²) in [6.07, 6.45) is 4.18. The molecular weight excluding hydrogens is 312 g/mol. The van der Waals surface area contributed by atoms with Crippen molar-refractivity contribution in [3.63, 3.8) is 0 Å². The molecule has 1 N–H and O–H groups in total. The number of hydrogen-bond acceptors (Lipinski definition) is 5. The molecule has 0 atom stereocenters. The third-order valence-electron chi connectivity index (χ3n) is 3.11. The summed E-state index contributed by atoms with van der Waals surface area (Å²) in [4.78, 5) is 12.0. The molecule has 0 radical (unpaired) electrons. The van der Waals surface area contributed by atoms with E-state index < -0.39 is 0 Å². The average molecular weight is 334 g/mol. The number of unbranched alkanes of at least 4 members (excludes halogenated alkanes) is 1. The molecule has 23 heavy (non-hydrogen) atoms. The molecule has 0 aliphatic heterocycles. The fourth-order valence-electron chi connectivity index (χ4n) is 1.86. The fraction of sp³-hybridized carbons (Fsp3) is 0.438. The lowest BCUT2D eigenvalue weighted by Crippen LogP contribution is -2.12. The summed E-state index contributed by atoms with van der Waals surface area (Å²) in [5.41, 5.74) is 0.757. The normalized spacial score (nSPS) is 10.5. The van der Waals surface area contributed by atoms with Gasteiger partial charge in [-0.3, -0.25) is 4.79 Å². The van der Waals surface area contributed by atoms with E-state index in [1.165, 1.54) is 11.8 Å². The van der Waals surface area contributed by atoms with Gasteiger partial charge in [0.25, 0.3) is 0 Å². The van der Waals surface area contributed by atoms with Crippen molar-refractivity contribution >= 4 is 23.4 Å². The molecule has 1 aromatic carbocycles. The van der Waals surface area contributed by atoms with Crippen LogP contribution >= 0.6 is 11.8 Å². The second-order valence-corrected chi connectivity index (χ2v) is 6.16. The zero-order valence-electron chi connectivity index (χ0n) is 13.5. The van der Waals surface area contributed by atoms with Crippen molar-refractivity contribution in [2.24, 2.45) is 7.05 Å². The molecule has 124 valence electrons. The summed E-state index contributed by atoms with van der Waals surface area (Å²) in [5, 5.41) is 11.5. The highest BCUT2D eigenvalue weighted by Gasteiger charge is 2.06. The summed E-state index contributed by atoms with van der Waals surface area (Å²) < 4.78 is 7.47. The molecule has 0 aliphatic carbocycles. The van der Waals surface area contributed by atoms with Crippen molar-refractivity contribution in [2.75, 3.05) is 17.7 Å². The number of nitrogens with one attached hydrogen (secondary N) is 1. The maximum atomic E-state index is 12.0. The largest absolute Gasteiger partial charge is 0.494 e. The Morgan fingerprint density at radius 3 is 3.04 bits per heavy atom. The van der Waals surface area contributed by atoms with E-state index in [1.54, 1.807) is 6.33 Å². The Morgan fingerprint density at radius 2 is 2.30 bits per heavy atom. The zero-order chi connectivity index (χ0) is 16.5. The van der Waals surface area contributed by atoms with E-state index in [1.807, 2.05) is 35.9 Å². The van der Waals surface area contributed by atoms with Crippen LogP contribution in [0, 0.1) is 0 Å². The maximum absolute atomic E-state index is 12.0. The van der Waals surface area contributed by atoms with E-state index in [2.05, 4.69) is 22.4 Å². The molecular formula is C16H22N4O2S. The highest BCUT2D eigenvalue weighted by Crippen LogP contribution is 2.19. The van der Waals surface area contributed by atoms with E-state index in [-0.39, 0.29) is 5.91 Å². The number of benzene rings is 1. The van der Waals surface area contributed by atoms with Gasteiger partial charge in [-0.15, -0.1) is 10.2 Å². The number of hydrogen-bond donors (Lipinski definition) is 1. The predicted octanol–water partition coefficient (Wildman–Crippen LogP) is 3.11. The second-order valence-electron chi connectivity index (χ2n) is 5.10. The van der Waals surface area contributed by atoms with Gasteiger partial charge in [0, 0.05) is 31.0 Å². The first-order valence-electron chi connectivity index (χ1n) is 7.68. The van der Waals surface area contributed by atoms with Gasteiger partial charge in [-0.1, -0.05) is 31.2 Å². The lowest BCUT2D eigenvalue weighted by atomic mass is 10.3. The molecule has 0 fully saturated rings. The Labute approximate surface area is 140 Å². The Kier molecular flexibility index (Phi) is 6.93. The molecule has 0 unspecified atom stereocenters. The van der Waals surface area contributed by atoms with E-state index in [9.17, 15) is 4.79 Å². The monoisotopic (exact) mass is 334 g/mol. The molecule has 0 aliphatic rings. The maximum Gasteiger partial charge on any atom is 0.225 e. The van der Waals surface area contributed by atoms with Crippen molar-refractivity contribution < 1.29 is 9.53 Å². The van der Waals surface area contributed by atoms with Crippen molar-refractivity contribution in [1.29, 1.82) is 0 Å². The lowest BCUT2D eigenvalue weighted by molar-refractivity contribution is -0.115. The highest BCUT2D eigenvalue weighted by atomic mass is 32.2. The van der Waals surface area contributed by atoms with Gasteiger partial charge in [0.05, 0.1) is 6.61 Å². The van der Waals surface area contributed by atoms with E-state index in [4.69, 9.17) is 4.74 Å². The molecule has 0 bridgehead atoms. The molecule has 1 amide bonds. The van der Waals surface area contributed by atoms with Gasteiger partial charge in [0.1, 0.15) is 12.1 Å². The Morgan fingerprint density at radius 1 is 1.43 bits per heavy atom. The van der Waals surface area contributed by atoms with E-state index >= 15 is 0 Å². The molecule has 7 heteroatoms. The van der Waals surface area contributed by atoms with Crippen molar-refractivity contribution in [3.8, 4) is 5.75 Å². The number of aryl methyl sites for hydroxylation is 1. The fourth-order valence-corrected chi connectivity index (χ4v) is 2.69. The van der Waals surface area contributed by atoms with Crippen LogP contribution in [0.15, 0.2) is 35.7 Å². The van der Waals surface area contributed by atoms with E-state index in [0.717, 1.165) is 29.4 Å². The second kappa shape index (κ2) is 9.19. The number of rotatable bonds is 9. The first-order valence-corrected chi connectivity index (χ1v) is 8.67.